The van der Waals surface area contributed by atoms with E-state index in [0.717, 1.165) is 0 Å². The molecule has 152 valence electrons. The third-order valence-corrected chi connectivity index (χ3v) is 13.9. The van der Waals surface area contributed by atoms with Crippen molar-refractivity contribution in [2.75, 3.05) is 0 Å². The minimum absolute atomic E-state index is 0.291. The second-order valence-electron chi connectivity index (χ2n) is 6.48. The van der Waals surface area contributed by atoms with Gasteiger partial charge in [0.25, 0.3) is 0 Å². The van der Waals surface area contributed by atoms with Gasteiger partial charge in [0.1, 0.15) is 0 Å². The Labute approximate surface area is 146 Å². The highest BCUT2D eigenvalue weighted by atomic mass is 28.5. The zero-order chi connectivity index (χ0) is 19.9. The molecule has 25 heavy (non-hydrogen) atoms. The normalized spacial score (nSPS) is 19.9. The molecule has 0 rings (SSSR count). The van der Waals surface area contributed by atoms with Crippen LogP contribution in [0.2, 0.25) is 37.8 Å². The zero-order valence-electron chi connectivity index (χ0n) is 14.5. The van der Waals surface area contributed by atoms with Crippen LogP contribution in [0.25, 0.3) is 0 Å². The Kier molecular flexibility index (Phi) is 10.4. The minimum atomic E-state index is -3.64. The van der Waals surface area contributed by atoms with Gasteiger partial charge in [-0.3, -0.25) is 0 Å². The summed E-state index contributed by atoms with van der Waals surface area (Å²) in [4.78, 5) is 20.5. The first kappa shape index (κ1) is 25.1. The molecule has 2 unspecified atom stereocenters. The van der Waals surface area contributed by atoms with E-state index < -0.39 is 64.2 Å². The predicted molar refractivity (Wildman–Crippen MR) is 87.7 cm³/mol. The first-order chi connectivity index (χ1) is 11.2. The van der Waals surface area contributed by atoms with Gasteiger partial charge in [0.2, 0.25) is 19.3 Å². The summed E-state index contributed by atoms with van der Waals surface area (Å²) < 4.78 is 85.4. The second-order valence-corrected chi connectivity index (χ2v) is 16.6. The SMILES string of the molecule is C[Si](O)(CCC(F)F)O[Si](C)(CCC(F)F)O[Si](C)(O)CCC(F)F. The van der Waals surface area contributed by atoms with E-state index in [1.807, 2.05) is 0 Å². The Morgan fingerprint density at radius 3 is 1.20 bits per heavy atom. The Balaban J connectivity index is 5.08. The standard InChI is InChI=1S/C12H26F6O4Si3/c1-23(19,7-4-10(13)14)21-25(3,9-6-12(17)18)22-24(2,20)8-5-11(15)16/h10-12,19-20H,4-9H2,1-3H3. The number of halogens is 6. The first-order valence-electron chi connectivity index (χ1n) is 7.86. The summed E-state index contributed by atoms with van der Waals surface area (Å²) in [6.45, 7) is 3.81. The number of rotatable bonds is 13. The summed E-state index contributed by atoms with van der Waals surface area (Å²) in [6.07, 6.45) is -9.84. The van der Waals surface area contributed by atoms with E-state index in [0.29, 0.717) is 0 Å². The van der Waals surface area contributed by atoms with Crippen molar-refractivity contribution >= 4 is 25.7 Å². The van der Waals surface area contributed by atoms with Gasteiger partial charge in [0, 0.05) is 19.3 Å². The zero-order valence-corrected chi connectivity index (χ0v) is 17.5. The molecule has 0 fully saturated rings. The fourth-order valence-corrected chi connectivity index (χ4v) is 14.1. The van der Waals surface area contributed by atoms with Gasteiger partial charge < -0.3 is 17.8 Å². The van der Waals surface area contributed by atoms with Crippen molar-refractivity contribution in [2.24, 2.45) is 0 Å². The number of hydrogen-bond donors (Lipinski definition) is 2. The fraction of sp³-hybridized carbons (Fsp3) is 1.00. The lowest BCUT2D eigenvalue weighted by atomic mass is 10.5. The monoisotopic (exact) mass is 432 g/mol. The maximum atomic E-state index is 12.5. The molecule has 4 nitrogen and oxygen atoms in total. The summed E-state index contributed by atoms with van der Waals surface area (Å²) in [5.74, 6) is 0. The Bertz CT molecular complexity index is 362. The molecule has 0 saturated heterocycles. The summed E-state index contributed by atoms with van der Waals surface area (Å²) in [5.41, 5.74) is 0. The van der Waals surface area contributed by atoms with E-state index in [1.54, 1.807) is 0 Å². The van der Waals surface area contributed by atoms with Crippen LogP contribution >= 0.6 is 0 Å². The summed E-state index contributed by atoms with van der Waals surface area (Å²) in [7, 11) is -10.9. The van der Waals surface area contributed by atoms with Gasteiger partial charge in [-0.15, -0.1) is 0 Å². The summed E-state index contributed by atoms with van der Waals surface area (Å²) >= 11 is 0. The quantitative estimate of drug-likeness (QED) is 0.339. The van der Waals surface area contributed by atoms with Gasteiger partial charge >= 0.3 is 25.7 Å². The summed E-state index contributed by atoms with van der Waals surface area (Å²) in [5, 5.41) is 0. The molecule has 0 amide bonds. The van der Waals surface area contributed by atoms with E-state index in [9.17, 15) is 35.9 Å². The smallest absolute Gasteiger partial charge is 0.323 e. The van der Waals surface area contributed by atoms with Crippen LogP contribution < -0.4 is 0 Å². The van der Waals surface area contributed by atoms with Crippen molar-refractivity contribution in [1.29, 1.82) is 0 Å². The molecule has 0 aliphatic rings. The Morgan fingerprint density at radius 2 is 0.920 bits per heavy atom. The highest BCUT2D eigenvalue weighted by Crippen LogP contribution is 2.29. The Hall–Kier alpha value is 0.0706. The van der Waals surface area contributed by atoms with Crippen LogP contribution in [-0.2, 0) is 8.23 Å². The van der Waals surface area contributed by atoms with Crippen LogP contribution in [0.5, 0.6) is 0 Å². The largest absolute Gasteiger partial charge is 0.415 e. The van der Waals surface area contributed by atoms with Crippen molar-refractivity contribution in [3.63, 3.8) is 0 Å². The maximum Gasteiger partial charge on any atom is 0.323 e. The molecule has 0 spiro atoms. The van der Waals surface area contributed by atoms with E-state index in [1.165, 1.54) is 19.6 Å². The van der Waals surface area contributed by atoms with E-state index >= 15 is 0 Å². The lowest BCUT2D eigenvalue weighted by molar-refractivity contribution is 0.135. The van der Waals surface area contributed by atoms with Crippen molar-refractivity contribution < 1.29 is 44.2 Å². The topological polar surface area (TPSA) is 58.9 Å². The van der Waals surface area contributed by atoms with Crippen molar-refractivity contribution in [1.82, 2.24) is 0 Å². The third kappa shape index (κ3) is 13.0. The molecule has 2 atom stereocenters. The van der Waals surface area contributed by atoms with Gasteiger partial charge in [0.05, 0.1) is 0 Å². The van der Waals surface area contributed by atoms with E-state index in [2.05, 4.69) is 0 Å². The highest BCUT2D eigenvalue weighted by Gasteiger charge is 2.46. The molecule has 0 saturated carbocycles. The highest BCUT2D eigenvalue weighted by molar-refractivity contribution is 6.85. The van der Waals surface area contributed by atoms with Crippen LogP contribution in [0.15, 0.2) is 0 Å². The average molecular weight is 433 g/mol. The molecule has 0 heterocycles. The van der Waals surface area contributed by atoms with Crippen LogP contribution in [0.4, 0.5) is 26.3 Å². The molecular formula is C12H26F6O4Si3. The summed E-state index contributed by atoms with van der Waals surface area (Å²) in [6, 6.07) is -0.946. The van der Waals surface area contributed by atoms with E-state index in [-0.39, 0.29) is 18.1 Å². The molecular weight excluding hydrogens is 406 g/mol. The first-order valence-corrected chi connectivity index (χ1v) is 15.5. The van der Waals surface area contributed by atoms with Crippen LogP contribution in [0, 0.1) is 0 Å². The molecule has 0 aliphatic heterocycles. The number of alkyl halides is 6. The van der Waals surface area contributed by atoms with Gasteiger partial charge in [-0.1, -0.05) is 0 Å². The molecule has 0 radical (unpaired) electrons. The number of hydrogen-bond acceptors (Lipinski definition) is 4. The molecule has 0 aromatic carbocycles. The third-order valence-electron chi connectivity index (χ3n) is 3.34. The predicted octanol–water partition coefficient (Wildman–Crippen LogP) is 4.19. The van der Waals surface area contributed by atoms with Crippen LogP contribution in [0.1, 0.15) is 19.3 Å². The van der Waals surface area contributed by atoms with Crippen molar-refractivity contribution in [3.05, 3.63) is 0 Å². The van der Waals surface area contributed by atoms with Gasteiger partial charge in [-0.05, 0) is 37.8 Å². The molecule has 2 N–H and O–H groups in total. The molecule has 0 aromatic heterocycles. The van der Waals surface area contributed by atoms with E-state index in [4.69, 9.17) is 8.23 Å². The fourth-order valence-electron chi connectivity index (χ4n) is 2.28. The van der Waals surface area contributed by atoms with Crippen molar-refractivity contribution in [3.8, 4) is 0 Å². The molecule has 0 bridgehead atoms. The maximum absolute atomic E-state index is 12.5. The molecule has 13 heteroatoms. The van der Waals surface area contributed by atoms with Crippen LogP contribution in [0.3, 0.4) is 0 Å². The van der Waals surface area contributed by atoms with Crippen molar-refractivity contribution in [2.45, 2.75) is 76.3 Å². The van der Waals surface area contributed by atoms with Gasteiger partial charge in [-0.25, -0.2) is 26.3 Å². The molecule has 0 aliphatic carbocycles. The van der Waals surface area contributed by atoms with Crippen LogP contribution in [-0.4, -0.2) is 54.6 Å². The van der Waals surface area contributed by atoms with Gasteiger partial charge in [-0.2, -0.15) is 0 Å². The lowest BCUT2D eigenvalue weighted by Crippen LogP contribution is -2.56. The van der Waals surface area contributed by atoms with Gasteiger partial charge in [0.15, 0.2) is 0 Å². The lowest BCUT2D eigenvalue weighted by Gasteiger charge is -2.38. The Morgan fingerprint density at radius 1 is 0.640 bits per heavy atom. The minimum Gasteiger partial charge on any atom is -0.415 e. The second kappa shape index (κ2) is 10.4. The molecule has 0 aromatic rings. The average Bonchev–Trinajstić information content (AvgIpc) is 2.40.